The summed E-state index contributed by atoms with van der Waals surface area (Å²) in [4.78, 5) is 0.281. The van der Waals surface area contributed by atoms with Gasteiger partial charge in [-0.1, -0.05) is 0 Å². The van der Waals surface area contributed by atoms with Crippen molar-refractivity contribution in [1.29, 1.82) is 0 Å². The fourth-order valence-corrected chi connectivity index (χ4v) is 4.78. The second-order valence-corrected chi connectivity index (χ2v) is 7.73. The number of hydrogen-bond donors (Lipinski definition) is 0. The number of halogens is 1. The Bertz CT molecular complexity index is 598. The summed E-state index contributed by atoms with van der Waals surface area (Å²) in [6, 6.07) is 4.85. The molecule has 0 spiro atoms. The topological polar surface area (TPSA) is 46.6 Å². The molecule has 1 aromatic rings. The lowest BCUT2D eigenvalue weighted by Gasteiger charge is -2.30. The number of alkyl halides is 1. The molecule has 2 rings (SSSR count). The first-order valence-corrected chi connectivity index (χ1v) is 8.56. The van der Waals surface area contributed by atoms with Gasteiger partial charge < -0.3 is 4.74 Å². The minimum Gasteiger partial charge on any atom is -0.496 e. The van der Waals surface area contributed by atoms with Crippen molar-refractivity contribution in [3.05, 3.63) is 23.8 Å². The van der Waals surface area contributed by atoms with Crippen molar-refractivity contribution in [2.45, 2.75) is 43.0 Å². The van der Waals surface area contributed by atoms with Crippen molar-refractivity contribution in [1.82, 2.24) is 4.31 Å². The predicted molar refractivity (Wildman–Crippen MR) is 79.8 cm³/mol. The lowest BCUT2D eigenvalue weighted by molar-refractivity contribution is 0.291. The minimum atomic E-state index is -3.48. The van der Waals surface area contributed by atoms with Gasteiger partial charge in [-0.2, -0.15) is 4.31 Å². The molecule has 1 saturated heterocycles. The van der Waals surface area contributed by atoms with Crippen LogP contribution in [0.4, 0.5) is 0 Å². The van der Waals surface area contributed by atoms with Crippen LogP contribution in [0.2, 0.25) is 0 Å². The van der Waals surface area contributed by atoms with Crippen LogP contribution in [0, 0.1) is 0 Å². The maximum Gasteiger partial charge on any atom is 0.243 e. The van der Waals surface area contributed by atoms with E-state index in [1.165, 1.54) is 0 Å². The zero-order valence-electron chi connectivity index (χ0n) is 12.0. The van der Waals surface area contributed by atoms with Gasteiger partial charge in [0, 0.05) is 17.6 Å². The first kappa shape index (κ1) is 15.6. The quantitative estimate of drug-likeness (QED) is 0.802. The molecule has 112 valence electrons. The van der Waals surface area contributed by atoms with Gasteiger partial charge in [-0.3, -0.25) is 0 Å². The molecule has 0 saturated carbocycles. The maximum absolute atomic E-state index is 12.8. The molecule has 0 amide bonds. The summed E-state index contributed by atoms with van der Waals surface area (Å²) < 4.78 is 32.3. The van der Waals surface area contributed by atoms with Crippen LogP contribution in [0.3, 0.4) is 0 Å². The number of methoxy groups -OCH3 is 1. The standard InChI is InChI=1S/C14H20ClNO3S/c1-14(2)7-4-8-16(14)20(17,18)12-5-6-13(19-3)11(9-12)10-15/h5-6,9H,4,7-8,10H2,1-3H3. The normalized spacial score (nSPS) is 19.2. The third-order valence-corrected chi connectivity index (χ3v) is 6.20. The predicted octanol–water partition coefficient (Wildman–Crippen LogP) is 3.00. The van der Waals surface area contributed by atoms with E-state index in [-0.39, 0.29) is 16.3 Å². The van der Waals surface area contributed by atoms with Gasteiger partial charge in [-0.05, 0) is 44.9 Å². The lowest BCUT2D eigenvalue weighted by atomic mass is 10.0. The number of nitrogens with zero attached hydrogens (tertiary/aromatic N) is 1. The van der Waals surface area contributed by atoms with E-state index in [0.717, 1.165) is 12.8 Å². The fourth-order valence-electron chi connectivity index (χ4n) is 2.68. The maximum atomic E-state index is 12.8. The summed E-state index contributed by atoms with van der Waals surface area (Å²) in [6.45, 7) is 4.49. The lowest BCUT2D eigenvalue weighted by Crippen LogP contribution is -2.42. The fraction of sp³-hybridized carbons (Fsp3) is 0.571. The van der Waals surface area contributed by atoms with Crippen LogP contribution < -0.4 is 4.74 Å². The summed E-state index contributed by atoms with van der Waals surface area (Å²) in [5, 5.41) is 0. The van der Waals surface area contributed by atoms with E-state index in [0.29, 0.717) is 17.9 Å². The highest BCUT2D eigenvalue weighted by Gasteiger charge is 2.40. The van der Waals surface area contributed by atoms with E-state index in [1.807, 2.05) is 13.8 Å². The summed E-state index contributed by atoms with van der Waals surface area (Å²) in [5.41, 5.74) is 0.354. The van der Waals surface area contributed by atoms with Gasteiger partial charge >= 0.3 is 0 Å². The molecule has 0 bridgehead atoms. The Labute approximate surface area is 125 Å². The molecule has 1 fully saturated rings. The van der Waals surface area contributed by atoms with Crippen LogP contribution in [-0.4, -0.2) is 31.9 Å². The van der Waals surface area contributed by atoms with E-state index in [9.17, 15) is 8.42 Å². The number of sulfonamides is 1. The van der Waals surface area contributed by atoms with Gasteiger partial charge in [0.1, 0.15) is 5.75 Å². The van der Waals surface area contributed by atoms with Gasteiger partial charge in [0.25, 0.3) is 0 Å². The average molecular weight is 318 g/mol. The molecule has 0 unspecified atom stereocenters. The molecule has 6 heteroatoms. The summed E-state index contributed by atoms with van der Waals surface area (Å²) in [5.74, 6) is 0.829. The Balaban J connectivity index is 2.45. The molecule has 0 N–H and O–H groups in total. The van der Waals surface area contributed by atoms with Crippen LogP contribution in [0.15, 0.2) is 23.1 Å². The Morgan fingerprint density at radius 3 is 2.60 bits per heavy atom. The molecule has 1 heterocycles. The molecule has 1 aromatic carbocycles. The number of hydrogen-bond acceptors (Lipinski definition) is 3. The molecular formula is C14H20ClNO3S. The molecular weight excluding hydrogens is 298 g/mol. The number of ether oxygens (including phenoxy) is 1. The Morgan fingerprint density at radius 1 is 1.40 bits per heavy atom. The van der Waals surface area contributed by atoms with E-state index in [1.54, 1.807) is 29.6 Å². The minimum absolute atomic E-state index is 0.218. The van der Waals surface area contributed by atoms with Gasteiger partial charge in [-0.15, -0.1) is 11.6 Å². The highest BCUT2D eigenvalue weighted by molar-refractivity contribution is 7.89. The highest BCUT2D eigenvalue weighted by Crippen LogP contribution is 2.35. The molecule has 0 radical (unpaired) electrons. The smallest absolute Gasteiger partial charge is 0.243 e. The van der Waals surface area contributed by atoms with Crippen molar-refractivity contribution in [3.63, 3.8) is 0 Å². The van der Waals surface area contributed by atoms with Crippen LogP contribution >= 0.6 is 11.6 Å². The van der Waals surface area contributed by atoms with Crippen molar-refractivity contribution in [3.8, 4) is 5.75 Å². The average Bonchev–Trinajstić information content (AvgIpc) is 2.78. The molecule has 20 heavy (non-hydrogen) atoms. The molecule has 4 nitrogen and oxygen atoms in total. The van der Waals surface area contributed by atoms with Gasteiger partial charge in [0.05, 0.1) is 17.9 Å². The van der Waals surface area contributed by atoms with E-state index < -0.39 is 10.0 Å². The highest BCUT2D eigenvalue weighted by atomic mass is 35.5. The molecule has 0 aromatic heterocycles. The van der Waals surface area contributed by atoms with Gasteiger partial charge in [-0.25, -0.2) is 8.42 Å². The number of rotatable bonds is 4. The second-order valence-electron chi connectivity index (χ2n) is 5.60. The van der Waals surface area contributed by atoms with Crippen LogP contribution in [-0.2, 0) is 15.9 Å². The van der Waals surface area contributed by atoms with Gasteiger partial charge in [0.15, 0.2) is 0 Å². The van der Waals surface area contributed by atoms with Crippen molar-refractivity contribution >= 4 is 21.6 Å². The van der Waals surface area contributed by atoms with Crippen molar-refractivity contribution < 1.29 is 13.2 Å². The third kappa shape index (κ3) is 2.67. The monoisotopic (exact) mass is 317 g/mol. The zero-order valence-corrected chi connectivity index (χ0v) is 13.6. The summed E-state index contributed by atoms with van der Waals surface area (Å²) in [6.07, 6.45) is 1.77. The largest absolute Gasteiger partial charge is 0.496 e. The molecule has 1 aliphatic heterocycles. The summed E-state index contributed by atoms with van der Waals surface area (Å²) >= 11 is 5.86. The van der Waals surface area contributed by atoms with Crippen LogP contribution in [0.1, 0.15) is 32.3 Å². The summed E-state index contributed by atoms with van der Waals surface area (Å²) in [7, 11) is -1.94. The Hall–Kier alpha value is -0.780. The van der Waals surface area contributed by atoms with Crippen molar-refractivity contribution in [2.75, 3.05) is 13.7 Å². The van der Waals surface area contributed by atoms with Gasteiger partial charge in [0.2, 0.25) is 10.0 Å². The number of benzene rings is 1. The first-order valence-electron chi connectivity index (χ1n) is 6.58. The van der Waals surface area contributed by atoms with Crippen LogP contribution in [0.25, 0.3) is 0 Å². The van der Waals surface area contributed by atoms with Crippen molar-refractivity contribution in [2.24, 2.45) is 0 Å². The molecule has 0 atom stereocenters. The van der Waals surface area contributed by atoms with E-state index in [2.05, 4.69) is 0 Å². The van der Waals surface area contributed by atoms with E-state index in [4.69, 9.17) is 16.3 Å². The Kier molecular flexibility index (Phi) is 4.33. The first-order chi connectivity index (χ1) is 9.32. The molecule has 1 aliphatic rings. The second kappa shape index (κ2) is 5.54. The third-order valence-electron chi connectivity index (χ3n) is 3.81. The zero-order chi connectivity index (χ0) is 15.0. The van der Waals surface area contributed by atoms with Crippen LogP contribution in [0.5, 0.6) is 5.75 Å². The Morgan fingerprint density at radius 2 is 2.10 bits per heavy atom. The molecule has 0 aliphatic carbocycles. The van der Waals surface area contributed by atoms with E-state index >= 15 is 0 Å². The SMILES string of the molecule is COc1ccc(S(=O)(=O)N2CCCC2(C)C)cc1CCl.